The molecule has 0 unspecified atom stereocenters. The first kappa shape index (κ1) is 89.4. The highest BCUT2D eigenvalue weighted by Gasteiger charge is 3.03. The lowest BCUT2D eigenvalue weighted by molar-refractivity contribution is -0.485. The largest absolute Gasteiger partial charge is 0.481 e. The SMILES string of the molecule is CC(CCC(=O)O)(SCCC(F)(F)C(F)(F)C(F)(F)C(F)(F)C(F)(F)C(F)(F)C(F)(F)C(F)(F)C(F)(F)C(F)(F)C(F)(F)C(F)(F)C(F)(F)F)SCCC(F)(F)C(F)(F)C(F)(F)C(F)(F)C(F)(F)C(F)(F)C(F)(F)C(F)(F)C(F)(F)C(F)(F)C(F)(F)C(F)(F)C(F)(F)F. The number of halogens is 54. The van der Waals surface area contributed by atoms with Crippen LogP contribution in [-0.2, 0) is 4.79 Å². The number of carboxylic acids is 1. The molecule has 0 aromatic carbocycles. The molecular formula is C35H16F54O2S2. The van der Waals surface area contributed by atoms with Crippen LogP contribution in [0.2, 0.25) is 0 Å². The molecule has 2 nitrogen and oxygen atoms in total. The zero-order valence-electron chi connectivity index (χ0n) is 41.3. The molecule has 0 amide bonds. The number of alkyl halides is 54. The van der Waals surface area contributed by atoms with Crippen LogP contribution in [-0.4, -0.2) is 181 Å². The van der Waals surface area contributed by atoms with Gasteiger partial charge in [0.1, 0.15) is 0 Å². The summed E-state index contributed by atoms with van der Waals surface area (Å²) in [5, 5.41) is 8.79. The Balaban J connectivity index is 7.39. The van der Waals surface area contributed by atoms with Gasteiger partial charge in [-0.05, 0) is 13.3 Å². The van der Waals surface area contributed by atoms with Gasteiger partial charge in [0, 0.05) is 30.8 Å². The minimum atomic E-state index is -10.2. The van der Waals surface area contributed by atoms with E-state index in [9.17, 15) is 242 Å². The van der Waals surface area contributed by atoms with Crippen LogP contribution >= 0.6 is 23.5 Å². The lowest BCUT2D eigenvalue weighted by Gasteiger charge is -2.46. The lowest BCUT2D eigenvalue weighted by Crippen LogP contribution is -2.78. The molecule has 1 N–H and O–H groups in total. The van der Waals surface area contributed by atoms with E-state index in [4.69, 9.17) is 5.11 Å². The van der Waals surface area contributed by atoms with Crippen LogP contribution in [0.25, 0.3) is 0 Å². The minimum absolute atomic E-state index is 0.120. The van der Waals surface area contributed by atoms with E-state index >= 15 is 0 Å². The average Bonchev–Trinajstić information content (AvgIpc) is 0.690. The van der Waals surface area contributed by atoms with Crippen LogP contribution in [0, 0.1) is 0 Å². The molecule has 0 saturated heterocycles. The van der Waals surface area contributed by atoms with Gasteiger partial charge < -0.3 is 5.11 Å². The van der Waals surface area contributed by atoms with Crippen molar-refractivity contribution in [3.8, 4) is 0 Å². The molecule has 0 aromatic heterocycles. The summed E-state index contributed by atoms with van der Waals surface area (Å²) in [5.74, 6) is -238. The maximum atomic E-state index is 14.6. The van der Waals surface area contributed by atoms with Crippen LogP contribution in [0.5, 0.6) is 0 Å². The number of hydrogen-bond acceptors (Lipinski definition) is 3. The molecule has 0 aliphatic heterocycles. The van der Waals surface area contributed by atoms with Crippen molar-refractivity contribution in [2.45, 2.75) is 191 Å². The van der Waals surface area contributed by atoms with Crippen molar-refractivity contribution in [1.82, 2.24) is 0 Å². The molecule has 558 valence electrons. The maximum absolute atomic E-state index is 14.6. The third-order valence-corrected chi connectivity index (χ3v) is 15.1. The van der Waals surface area contributed by atoms with Crippen molar-refractivity contribution in [3.05, 3.63) is 0 Å². The molecular weight excluding hydrogens is 1540 g/mol. The summed E-state index contributed by atoms with van der Waals surface area (Å²) in [6, 6.07) is 0. The third kappa shape index (κ3) is 12.0. The Morgan fingerprint density at radius 3 is 0.484 bits per heavy atom. The Morgan fingerprint density at radius 1 is 0.226 bits per heavy atom. The molecule has 0 aliphatic carbocycles. The van der Waals surface area contributed by atoms with Gasteiger partial charge in [-0.3, -0.25) is 4.79 Å². The Morgan fingerprint density at radius 2 is 0.355 bits per heavy atom. The molecule has 93 heavy (non-hydrogen) atoms. The topological polar surface area (TPSA) is 37.3 Å². The van der Waals surface area contributed by atoms with E-state index in [0.717, 1.165) is 0 Å². The van der Waals surface area contributed by atoms with E-state index in [1.165, 1.54) is 0 Å². The second-order valence-electron chi connectivity index (χ2n) is 18.3. The summed E-state index contributed by atoms with van der Waals surface area (Å²) in [6.45, 7) is -0.120. The number of carbonyl (C=O) groups is 1. The summed E-state index contributed by atoms with van der Waals surface area (Å²) in [6.07, 6.45) is -28.3. The van der Waals surface area contributed by atoms with E-state index in [1.54, 1.807) is 0 Å². The quantitative estimate of drug-likeness (QED) is 0.0525. The van der Waals surface area contributed by atoms with Gasteiger partial charge in [-0.25, -0.2) is 0 Å². The number of carboxylic acid groups (broad SMARTS) is 1. The first-order valence-electron chi connectivity index (χ1n) is 21.0. The number of thioether (sulfide) groups is 2. The first-order valence-corrected chi connectivity index (χ1v) is 23.0. The fraction of sp³-hybridized carbons (Fsp3) is 0.971. The zero-order valence-corrected chi connectivity index (χ0v) is 43.0. The van der Waals surface area contributed by atoms with Crippen LogP contribution in [0.3, 0.4) is 0 Å². The normalized spacial score (nSPS) is 17.0. The molecule has 0 saturated carbocycles. The number of hydrogen-bond donors (Lipinski definition) is 1. The van der Waals surface area contributed by atoms with Gasteiger partial charge in [0.05, 0.1) is 4.08 Å². The van der Waals surface area contributed by atoms with Crippen molar-refractivity contribution in [2.24, 2.45) is 0 Å². The minimum Gasteiger partial charge on any atom is -0.481 e. The van der Waals surface area contributed by atoms with Gasteiger partial charge in [-0.1, -0.05) is 0 Å². The van der Waals surface area contributed by atoms with Crippen LogP contribution in [0.1, 0.15) is 32.6 Å². The van der Waals surface area contributed by atoms with Crippen molar-refractivity contribution < 1.29 is 247 Å². The van der Waals surface area contributed by atoms with E-state index in [-0.39, 0.29) is 6.92 Å². The lowest BCUT2D eigenvalue weighted by atomic mass is 9.84. The van der Waals surface area contributed by atoms with Crippen molar-refractivity contribution in [2.75, 3.05) is 11.5 Å². The summed E-state index contributed by atoms with van der Waals surface area (Å²) in [4.78, 5) is 11.0. The van der Waals surface area contributed by atoms with E-state index in [0.29, 0.717) is 0 Å². The molecule has 0 radical (unpaired) electrons. The summed E-state index contributed by atoms with van der Waals surface area (Å²) < 4.78 is 744. The smallest absolute Gasteiger partial charge is 0.460 e. The summed E-state index contributed by atoms with van der Waals surface area (Å²) in [7, 11) is 0. The predicted octanol–water partition coefficient (Wildman–Crippen LogP) is 20.2. The van der Waals surface area contributed by atoms with E-state index in [1.807, 2.05) is 0 Å². The fourth-order valence-electron chi connectivity index (χ4n) is 5.99. The standard InChI is InChI=1S/C35H16F54O2S2/c1-9(3-2-8(90)91,92-6-4-10(36,37)12(40,41)14(44,45)16(48,49)18(52,53)20(56,57)22(60,61)24(64,65)26(68,69)28(72,73)30(76,77)32(80,81)34(84,85)86)93-7-5-11(38,39)13(42,43)15(46,47)17(50,51)19(54,55)21(58,59)23(62,63)25(66,67)27(70,71)29(74,75)31(78,79)33(82,83)35(87,88)89/h2-7H2,1H3,(H,90,91). The predicted molar refractivity (Wildman–Crippen MR) is 190 cm³/mol. The van der Waals surface area contributed by atoms with Gasteiger partial charge >= 0.3 is 160 Å². The average molecular weight is 1560 g/mol. The van der Waals surface area contributed by atoms with E-state index < -0.39 is 225 Å². The van der Waals surface area contributed by atoms with Gasteiger partial charge in [-0.2, -0.15) is 237 Å². The van der Waals surface area contributed by atoms with Crippen molar-refractivity contribution in [1.29, 1.82) is 0 Å². The zero-order chi connectivity index (χ0) is 76.7. The monoisotopic (exact) mass is 1560 g/mol. The molecule has 0 spiro atoms. The van der Waals surface area contributed by atoms with Crippen molar-refractivity contribution >= 4 is 29.5 Å². The Hall–Kier alpha value is -3.61. The second kappa shape index (κ2) is 23.5. The number of aliphatic carboxylic acids is 1. The van der Waals surface area contributed by atoms with Gasteiger partial charge in [0.15, 0.2) is 0 Å². The van der Waals surface area contributed by atoms with Gasteiger partial charge in [0.25, 0.3) is 0 Å². The Bertz CT molecular complexity index is 2450. The molecule has 0 aromatic rings. The number of rotatable bonds is 33. The van der Waals surface area contributed by atoms with Gasteiger partial charge in [-0.15, -0.1) is 23.5 Å². The summed E-state index contributed by atoms with van der Waals surface area (Å²) >= 11 is -2.40. The first-order chi connectivity index (χ1) is 39.3. The molecule has 0 heterocycles. The van der Waals surface area contributed by atoms with Crippen LogP contribution in [0.15, 0.2) is 0 Å². The highest BCUT2D eigenvalue weighted by Crippen LogP contribution is 2.72. The van der Waals surface area contributed by atoms with Crippen LogP contribution in [0.4, 0.5) is 237 Å². The van der Waals surface area contributed by atoms with Crippen LogP contribution < -0.4 is 0 Å². The molecule has 0 rings (SSSR count). The molecule has 0 fully saturated rings. The fourth-order valence-corrected chi connectivity index (χ4v) is 8.90. The Labute approximate surface area is 479 Å². The maximum Gasteiger partial charge on any atom is 0.460 e. The molecule has 0 bridgehead atoms. The van der Waals surface area contributed by atoms with Crippen molar-refractivity contribution in [3.63, 3.8) is 0 Å². The third-order valence-electron chi connectivity index (χ3n) is 12.0. The van der Waals surface area contributed by atoms with E-state index in [2.05, 4.69) is 0 Å². The van der Waals surface area contributed by atoms with Gasteiger partial charge in [0.2, 0.25) is 0 Å². The Kier molecular flexibility index (Phi) is 22.6. The second-order valence-corrected chi connectivity index (χ2v) is 21.7. The molecule has 58 heteroatoms. The summed E-state index contributed by atoms with van der Waals surface area (Å²) in [5.41, 5.74) is 0. The molecule has 0 aliphatic rings. The highest BCUT2D eigenvalue weighted by atomic mass is 32.2. The molecule has 0 atom stereocenters. The highest BCUT2D eigenvalue weighted by molar-refractivity contribution is 8.18.